The number of nitrogens with zero attached hydrogens (tertiary/aromatic N) is 1. The summed E-state index contributed by atoms with van der Waals surface area (Å²) < 4.78 is 53.1. The van der Waals surface area contributed by atoms with Crippen molar-refractivity contribution in [3.05, 3.63) is 65.7 Å². The first-order valence-electron chi connectivity index (χ1n) is 9.63. The number of aryl methyl sites for hydroxylation is 1. The predicted octanol–water partition coefficient (Wildman–Crippen LogP) is 3.58. The van der Waals surface area contributed by atoms with Crippen molar-refractivity contribution in [2.24, 2.45) is 5.92 Å². The SMILES string of the molecule is O=C(Nc1ccc(F)c(F)c1)[C@H]1CCCN(S(=O)(=O)CCCc2ccccc2)C1. The minimum Gasteiger partial charge on any atom is -0.326 e. The first-order chi connectivity index (χ1) is 13.8. The Hall–Kier alpha value is -2.32. The third kappa shape index (κ3) is 5.83. The Kier molecular flexibility index (Phi) is 6.97. The normalized spacial score (nSPS) is 17.8. The molecule has 1 aliphatic heterocycles. The lowest BCUT2D eigenvalue weighted by molar-refractivity contribution is -0.120. The zero-order valence-corrected chi connectivity index (χ0v) is 16.8. The van der Waals surface area contributed by atoms with E-state index in [2.05, 4.69) is 5.32 Å². The van der Waals surface area contributed by atoms with Crippen LogP contribution in [0.4, 0.5) is 14.5 Å². The summed E-state index contributed by atoms with van der Waals surface area (Å²) >= 11 is 0. The average Bonchev–Trinajstić information content (AvgIpc) is 2.71. The molecular formula is C21H24F2N2O3S. The van der Waals surface area contributed by atoms with Crippen molar-refractivity contribution >= 4 is 21.6 Å². The maximum atomic E-state index is 13.3. The summed E-state index contributed by atoms with van der Waals surface area (Å²) in [4.78, 5) is 12.5. The highest BCUT2D eigenvalue weighted by atomic mass is 32.2. The molecule has 0 aromatic heterocycles. The van der Waals surface area contributed by atoms with E-state index in [0.29, 0.717) is 32.2 Å². The molecular weight excluding hydrogens is 398 g/mol. The van der Waals surface area contributed by atoms with Gasteiger partial charge in [0.1, 0.15) is 0 Å². The lowest BCUT2D eigenvalue weighted by atomic mass is 9.98. The van der Waals surface area contributed by atoms with Gasteiger partial charge in [-0.15, -0.1) is 0 Å². The van der Waals surface area contributed by atoms with Crippen LogP contribution in [0.1, 0.15) is 24.8 Å². The van der Waals surface area contributed by atoms with E-state index in [-0.39, 0.29) is 23.9 Å². The van der Waals surface area contributed by atoms with Crippen LogP contribution in [0.5, 0.6) is 0 Å². The van der Waals surface area contributed by atoms with E-state index in [1.165, 1.54) is 10.4 Å². The third-order valence-electron chi connectivity index (χ3n) is 5.05. The lowest BCUT2D eigenvalue weighted by Crippen LogP contribution is -2.44. The van der Waals surface area contributed by atoms with Crippen LogP contribution in [0, 0.1) is 17.6 Å². The number of sulfonamides is 1. The van der Waals surface area contributed by atoms with Gasteiger partial charge in [-0.3, -0.25) is 4.79 Å². The minimum atomic E-state index is -3.46. The van der Waals surface area contributed by atoms with Gasteiger partial charge in [-0.2, -0.15) is 0 Å². The molecule has 8 heteroatoms. The number of amides is 1. The highest BCUT2D eigenvalue weighted by molar-refractivity contribution is 7.89. The van der Waals surface area contributed by atoms with Crippen molar-refractivity contribution in [2.45, 2.75) is 25.7 Å². The quantitative estimate of drug-likeness (QED) is 0.742. The first kappa shape index (κ1) is 21.4. The molecule has 0 saturated carbocycles. The van der Waals surface area contributed by atoms with Crippen molar-refractivity contribution in [2.75, 3.05) is 24.2 Å². The van der Waals surface area contributed by atoms with E-state index < -0.39 is 27.6 Å². The van der Waals surface area contributed by atoms with Crippen molar-refractivity contribution < 1.29 is 22.0 Å². The summed E-state index contributed by atoms with van der Waals surface area (Å²) in [5, 5.41) is 2.55. The second-order valence-electron chi connectivity index (χ2n) is 7.22. The van der Waals surface area contributed by atoms with Gasteiger partial charge in [0.2, 0.25) is 15.9 Å². The van der Waals surface area contributed by atoms with Crippen LogP contribution in [0.15, 0.2) is 48.5 Å². The van der Waals surface area contributed by atoms with Gasteiger partial charge < -0.3 is 5.32 Å². The Morgan fingerprint density at radius 2 is 1.86 bits per heavy atom. The van der Waals surface area contributed by atoms with E-state index in [1.54, 1.807) is 0 Å². The van der Waals surface area contributed by atoms with Gasteiger partial charge in [0.25, 0.3) is 0 Å². The number of halogens is 2. The van der Waals surface area contributed by atoms with Gasteiger partial charge >= 0.3 is 0 Å². The van der Waals surface area contributed by atoms with Crippen molar-refractivity contribution in [1.82, 2.24) is 4.31 Å². The van der Waals surface area contributed by atoms with Crippen LogP contribution in [-0.4, -0.2) is 37.5 Å². The van der Waals surface area contributed by atoms with Crippen molar-refractivity contribution in [1.29, 1.82) is 0 Å². The maximum Gasteiger partial charge on any atom is 0.228 e. The first-order valence-corrected chi connectivity index (χ1v) is 11.2. The standard InChI is InChI=1S/C21H24F2N2O3S/c22-19-11-10-18(14-20(19)23)24-21(26)17-9-4-12-25(15-17)29(27,28)13-5-8-16-6-2-1-3-7-16/h1-3,6-7,10-11,14,17H,4-5,8-9,12-13,15H2,(H,24,26)/t17-/m0/s1. The summed E-state index contributed by atoms with van der Waals surface area (Å²) in [6, 6.07) is 12.8. The number of benzene rings is 2. The topological polar surface area (TPSA) is 66.5 Å². The Morgan fingerprint density at radius 3 is 2.59 bits per heavy atom. The Morgan fingerprint density at radius 1 is 1.10 bits per heavy atom. The number of anilines is 1. The molecule has 1 N–H and O–H groups in total. The van der Waals surface area contributed by atoms with Gasteiger partial charge in [-0.25, -0.2) is 21.5 Å². The summed E-state index contributed by atoms with van der Waals surface area (Å²) in [5.74, 6) is -2.93. The van der Waals surface area contributed by atoms with Crippen LogP contribution in [0.2, 0.25) is 0 Å². The molecule has 0 aliphatic carbocycles. The average molecular weight is 422 g/mol. The predicted molar refractivity (Wildman–Crippen MR) is 108 cm³/mol. The number of piperidine rings is 1. The third-order valence-corrected chi connectivity index (χ3v) is 6.97. The molecule has 1 aliphatic rings. The number of hydrogen-bond donors (Lipinski definition) is 1. The number of carbonyl (C=O) groups excluding carboxylic acids is 1. The zero-order chi connectivity index (χ0) is 20.9. The number of hydrogen-bond acceptors (Lipinski definition) is 3. The maximum absolute atomic E-state index is 13.3. The molecule has 0 bridgehead atoms. The fourth-order valence-corrected chi connectivity index (χ4v) is 5.04. The highest BCUT2D eigenvalue weighted by Crippen LogP contribution is 2.22. The molecule has 2 aromatic carbocycles. The minimum absolute atomic E-state index is 0.0272. The van der Waals surface area contributed by atoms with Crippen LogP contribution >= 0.6 is 0 Å². The molecule has 29 heavy (non-hydrogen) atoms. The van der Waals surface area contributed by atoms with Crippen LogP contribution in [-0.2, 0) is 21.2 Å². The van der Waals surface area contributed by atoms with E-state index in [1.807, 2.05) is 30.3 Å². The molecule has 5 nitrogen and oxygen atoms in total. The Balaban J connectivity index is 1.55. The summed E-state index contributed by atoms with van der Waals surface area (Å²) in [5.41, 5.74) is 1.24. The highest BCUT2D eigenvalue weighted by Gasteiger charge is 2.32. The smallest absolute Gasteiger partial charge is 0.228 e. The van der Waals surface area contributed by atoms with Crippen molar-refractivity contribution in [3.8, 4) is 0 Å². The largest absolute Gasteiger partial charge is 0.326 e. The van der Waals surface area contributed by atoms with Crippen molar-refractivity contribution in [3.63, 3.8) is 0 Å². The second kappa shape index (κ2) is 9.45. The molecule has 0 unspecified atom stereocenters. The molecule has 2 aromatic rings. The van der Waals surface area contributed by atoms with Crippen LogP contribution in [0.25, 0.3) is 0 Å². The number of rotatable bonds is 7. The fourth-order valence-electron chi connectivity index (χ4n) is 3.46. The molecule has 1 fully saturated rings. The molecule has 156 valence electrons. The molecule has 0 spiro atoms. The number of carbonyl (C=O) groups is 1. The van der Waals surface area contributed by atoms with Gasteiger partial charge in [-0.05, 0) is 43.4 Å². The van der Waals surface area contributed by atoms with Crippen LogP contribution in [0.3, 0.4) is 0 Å². The second-order valence-corrected chi connectivity index (χ2v) is 9.31. The summed E-state index contributed by atoms with van der Waals surface area (Å²) in [6.45, 7) is 0.492. The van der Waals surface area contributed by atoms with E-state index >= 15 is 0 Å². The Labute approximate surface area is 169 Å². The van der Waals surface area contributed by atoms with Gasteiger partial charge in [0.05, 0.1) is 11.7 Å². The van der Waals surface area contributed by atoms with Gasteiger partial charge in [-0.1, -0.05) is 30.3 Å². The fraction of sp³-hybridized carbons (Fsp3) is 0.381. The Bertz CT molecular complexity index is 952. The molecule has 3 rings (SSSR count). The van der Waals surface area contributed by atoms with Gasteiger partial charge in [0, 0.05) is 24.8 Å². The van der Waals surface area contributed by atoms with E-state index in [4.69, 9.17) is 0 Å². The van der Waals surface area contributed by atoms with Crippen LogP contribution < -0.4 is 5.32 Å². The molecule has 1 atom stereocenters. The van der Waals surface area contributed by atoms with Gasteiger partial charge in [0.15, 0.2) is 11.6 Å². The number of nitrogens with one attached hydrogen (secondary N) is 1. The summed E-state index contributed by atoms with van der Waals surface area (Å²) in [7, 11) is -3.46. The molecule has 1 heterocycles. The summed E-state index contributed by atoms with van der Waals surface area (Å²) in [6.07, 6.45) is 2.31. The molecule has 1 amide bonds. The van der Waals surface area contributed by atoms with E-state index in [9.17, 15) is 22.0 Å². The van der Waals surface area contributed by atoms with E-state index in [0.717, 1.165) is 17.7 Å². The lowest BCUT2D eigenvalue weighted by Gasteiger charge is -2.31. The molecule has 1 saturated heterocycles. The zero-order valence-electron chi connectivity index (χ0n) is 16.0. The molecule has 0 radical (unpaired) electrons. The monoisotopic (exact) mass is 422 g/mol.